The highest BCUT2D eigenvalue weighted by atomic mass is 32.1. The van der Waals surface area contributed by atoms with Gasteiger partial charge < -0.3 is 10.6 Å². The van der Waals surface area contributed by atoms with Crippen LogP contribution in [0.25, 0.3) is 0 Å². The zero-order chi connectivity index (χ0) is 12.7. The van der Waals surface area contributed by atoms with Gasteiger partial charge in [0.15, 0.2) is 5.11 Å². The molecule has 1 aromatic rings. The zero-order valence-corrected chi connectivity index (χ0v) is 10.6. The molecule has 88 valence electrons. The highest BCUT2D eigenvalue weighted by Gasteiger charge is 1.97. The molecule has 2 N–H and O–H groups in total. The molecule has 0 fully saturated rings. The third-order valence-corrected chi connectivity index (χ3v) is 2.29. The van der Waals surface area contributed by atoms with Crippen LogP contribution in [0.5, 0.6) is 0 Å². The van der Waals surface area contributed by atoms with E-state index in [2.05, 4.69) is 23.3 Å². The zero-order valence-electron chi connectivity index (χ0n) is 9.79. The third-order valence-electron chi connectivity index (χ3n) is 2.05. The van der Waals surface area contributed by atoms with E-state index in [0.717, 1.165) is 16.8 Å². The fraction of sp³-hybridized carbons (Fsp3) is 0.231. The van der Waals surface area contributed by atoms with Gasteiger partial charge in [-0.3, -0.25) is 0 Å². The molecular weight excluding hydrogens is 230 g/mol. The number of hydrogen-bond acceptors (Lipinski definition) is 2. The summed E-state index contributed by atoms with van der Waals surface area (Å²) in [5, 5.41) is 15.2. The Morgan fingerprint density at radius 1 is 1.41 bits per heavy atom. The highest BCUT2D eigenvalue weighted by Crippen LogP contribution is 2.09. The van der Waals surface area contributed by atoms with Gasteiger partial charge in [0, 0.05) is 12.2 Å². The molecule has 3 nitrogen and oxygen atoms in total. The molecule has 0 heterocycles. The second-order valence-corrected chi connectivity index (χ2v) is 4.20. The number of nitriles is 1. The van der Waals surface area contributed by atoms with E-state index >= 15 is 0 Å². The number of benzene rings is 1. The summed E-state index contributed by atoms with van der Waals surface area (Å²) in [7, 11) is 0. The van der Waals surface area contributed by atoms with Gasteiger partial charge in [0.25, 0.3) is 0 Å². The van der Waals surface area contributed by atoms with Crippen molar-refractivity contribution in [3.63, 3.8) is 0 Å². The quantitative estimate of drug-likeness (QED) is 0.632. The Morgan fingerprint density at radius 3 is 2.59 bits per heavy atom. The van der Waals surface area contributed by atoms with Gasteiger partial charge in [-0.25, -0.2) is 0 Å². The average Bonchev–Trinajstić information content (AvgIpc) is 2.29. The SMILES string of the molecule is C=C(C)CNC(=S)Nc1ccc(CC#N)cc1. The molecule has 0 saturated carbocycles. The summed E-state index contributed by atoms with van der Waals surface area (Å²) >= 11 is 5.12. The van der Waals surface area contributed by atoms with Crippen molar-refractivity contribution in [2.24, 2.45) is 0 Å². The lowest BCUT2D eigenvalue weighted by atomic mass is 10.1. The van der Waals surface area contributed by atoms with Crippen LogP contribution >= 0.6 is 12.2 Å². The summed E-state index contributed by atoms with van der Waals surface area (Å²) in [6, 6.07) is 9.74. The predicted molar refractivity (Wildman–Crippen MR) is 74.8 cm³/mol. The Morgan fingerprint density at radius 2 is 2.06 bits per heavy atom. The van der Waals surface area contributed by atoms with E-state index in [9.17, 15) is 0 Å². The number of nitrogens with one attached hydrogen (secondary N) is 2. The Labute approximate surface area is 107 Å². The molecule has 0 radical (unpaired) electrons. The Bertz CT molecular complexity index is 443. The topological polar surface area (TPSA) is 47.8 Å². The van der Waals surface area contributed by atoms with Gasteiger partial charge in [0.05, 0.1) is 12.5 Å². The smallest absolute Gasteiger partial charge is 0.171 e. The highest BCUT2D eigenvalue weighted by molar-refractivity contribution is 7.80. The maximum atomic E-state index is 8.55. The fourth-order valence-corrected chi connectivity index (χ4v) is 1.39. The molecule has 17 heavy (non-hydrogen) atoms. The summed E-state index contributed by atoms with van der Waals surface area (Å²) in [5.74, 6) is 0. The largest absolute Gasteiger partial charge is 0.359 e. The Balaban J connectivity index is 2.49. The lowest BCUT2D eigenvalue weighted by molar-refractivity contribution is 1.000. The van der Waals surface area contributed by atoms with E-state index in [1.165, 1.54) is 0 Å². The average molecular weight is 245 g/mol. The summed E-state index contributed by atoms with van der Waals surface area (Å²) in [6.07, 6.45) is 0.429. The van der Waals surface area contributed by atoms with Crippen LogP contribution in [0.3, 0.4) is 0 Å². The van der Waals surface area contributed by atoms with Gasteiger partial charge in [-0.2, -0.15) is 5.26 Å². The van der Waals surface area contributed by atoms with Gasteiger partial charge in [-0.05, 0) is 36.8 Å². The van der Waals surface area contributed by atoms with Crippen LogP contribution in [-0.2, 0) is 6.42 Å². The van der Waals surface area contributed by atoms with E-state index in [1.807, 2.05) is 31.2 Å². The molecule has 0 aromatic heterocycles. The van der Waals surface area contributed by atoms with Crippen LogP contribution < -0.4 is 10.6 Å². The molecule has 0 aliphatic heterocycles. The van der Waals surface area contributed by atoms with Crippen molar-refractivity contribution < 1.29 is 0 Å². The van der Waals surface area contributed by atoms with Crippen molar-refractivity contribution in [3.8, 4) is 6.07 Å². The Hall–Kier alpha value is -1.86. The van der Waals surface area contributed by atoms with E-state index in [0.29, 0.717) is 18.1 Å². The predicted octanol–water partition coefficient (Wildman–Crippen LogP) is 2.62. The fourth-order valence-electron chi connectivity index (χ4n) is 1.20. The van der Waals surface area contributed by atoms with Gasteiger partial charge >= 0.3 is 0 Å². The molecule has 1 rings (SSSR count). The molecule has 0 bridgehead atoms. The first-order valence-electron chi connectivity index (χ1n) is 5.27. The molecule has 0 amide bonds. The summed E-state index contributed by atoms with van der Waals surface area (Å²) in [4.78, 5) is 0. The van der Waals surface area contributed by atoms with Gasteiger partial charge in [0.2, 0.25) is 0 Å². The van der Waals surface area contributed by atoms with Gasteiger partial charge in [-0.15, -0.1) is 0 Å². The van der Waals surface area contributed by atoms with Crippen LogP contribution in [0, 0.1) is 11.3 Å². The van der Waals surface area contributed by atoms with Crippen molar-refractivity contribution in [1.29, 1.82) is 5.26 Å². The molecule has 0 aliphatic carbocycles. The first-order valence-corrected chi connectivity index (χ1v) is 5.68. The minimum absolute atomic E-state index is 0.429. The van der Waals surface area contributed by atoms with Crippen LogP contribution in [-0.4, -0.2) is 11.7 Å². The normalized spacial score (nSPS) is 9.18. The number of nitrogens with zero attached hydrogens (tertiary/aromatic N) is 1. The van der Waals surface area contributed by atoms with Gasteiger partial charge in [0.1, 0.15) is 0 Å². The molecule has 0 unspecified atom stereocenters. The maximum Gasteiger partial charge on any atom is 0.171 e. The van der Waals surface area contributed by atoms with Gasteiger partial charge in [-0.1, -0.05) is 24.3 Å². The van der Waals surface area contributed by atoms with E-state index in [4.69, 9.17) is 17.5 Å². The van der Waals surface area contributed by atoms with Crippen molar-refractivity contribution >= 4 is 23.0 Å². The second kappa shape index (κ2) is 6.66. The minimum atomic E-state index is 0.429. The molecular formula is C13H15N3S. The molecule has 4 heteroatoms. The molecule has 0 spiro atoms. The third kappa shape index (κ3) is 5.14. The maximum absolute atomic E-state index is 8.55. The number of thiocarbonyl (C=S) groups is 1. The van der Waals surface area contributed by atoms with Crippen LogP contribution in [0.1, 0.15) is 12.5 Å². The lowest BCUT2D eigenvalue weighted by Gasteiger charge is -2.10. The summed E-state index contributed by atoms with van der Waals surface area (Å²) in [6.45, 7) is 6.39. The number of anilines is 1. The minimum Gasteiger partial charge on any atom is -0.359 e. The molecule has 1 aromatic carbocycles. The summed E-state index contributed by atoms with van der Waals surface area (Å²) < 4.78 is 0. The van der Waals surface area contributed by atoms with Crippen LogP contribution in [0.2, 0.25) is 0 Å². The molecule has 0 atom stereocenters. The van der Waals surface area contributed by atoms with Crippen LogP contribution in [0.15, 0.2) is 36.4 Å². The van der Waals surface area contributed by atoms with Crippen molar-refractivity contribution in [2.75, 3.05) is 11.9 Å². The van der Waals surface area contributed by atoms with E-state index < -0.39 is 0 Å². The first-order chi connectivity index (χ1) is 8.11. The van der Waals surface area contributed by atoms with Crippen molar-refractivity contribution in [1.82, 2.24) is 5.32 Å². The standard InChI is InChI=1S/C13H15N3S/c1-10(2)9-15-13(17)16-12-5-3-11(4-6-12)7-8-14/h3-6H,1,7,9H2,2H3,(H2,15,16,17). The monoisotopic (exact) mass is 245 g/mol. The van der Waals surface area contributed by atoms with E-state index in [-0.39, 0.29) is 0 Å². The number of rotatable bonds is 4. The van der Waals surface area contributed by atoms with Crippen LogP contribution in [0.4, 0.5) is 5.69 Å². The van der Waals surface area contributed by atoms with E-state index in [1.54, 1.807) is 0 Å². The second-order valence-electron chi connectivity index (χ2n) is 3.80. The summed E-state index contributed by atoms with van der Waals surface area (Å²) in [5.41, 5.74) is 2.93. The Kier molecular flexibility index (Phi) is 5.18. The lowest BCUT2D eigenvalue weighted by Crippen LogP contribution is -2.29. The number of hydrogen-bond donors (Lipinski definition) is 2. The molecule has 0 saturated heterocycles. The van der Waals surface area contributed by atoms with Crippen molar-refractivity contribution in [3.05, 3.63) is 42.0 Å². The molecule has 0 aliphatic rings. The van der Waals surface area contributed by atoms with Crippen molar-refractivity contribution in [2.45, 2.75) is 13.3 Å². The first kappa shape index (κ1) is 13.2.